The first-order chi connectivity index (χ1) is 18.1. The Labute approximate surface area is 242 Å². The molecule has 0 aromatic heterocycles. The van der Waals surface area contributed by atoms with Gasteiger partial charge in [0.25, 0.3) is 0 Å². The first kappa shape index (κ1) is 32.4. The van der Waals surface area contributed by atoms with Gasteiger partial charge < -0.3 is 0 Å². The highest BCUT2D eigenvalue weighted by Crippen LogP contribution is 2.23. The predicted octanol–water partition coefficient (Wildman–Crippen LogP) is 9.08. The zero-order valence-corrected chi connectivity index (χ0v) is 27.0. The van der Waals surface area contributed by atoms with Crippen LogP contribution in [0.4, 0.5) is 0 Å². The van der Waals surface area contributed by atoms with Crippen LogP contribution >= 0.6 is 0 Å². The first-order valence-corrected chi connectivity index (χ1v) is 18.1. The monoisotopic (exact) mass is 617 g/mol. The summed E-state index contributed by atoms with van der Waals surface area (Å²) < 4.78 is 3.09. The van der Waals surface area contributed by atoms with E-state index in [9.17, 15) is 0 Å². The lowest BCUT2D eigenvalue weighted by atomic mass is 9.95. The zero-order chi connectivity index (χ0) is 26.6. The maximum atomic E-state index is 2.42. The summed E-state index contributed by atoms with van der Waals surface area (Å²) in [6, 6.07) is 19.3. The summed E-state index contributed by atoms with van der Waals surface area (Å²) in [5.74, 6) is 1.38. The van der Waals surface area contributed by atoms with E-state index >= 15 is 0 Å². The summed E-state index contributed by atoms with van der Waals surface area (Å²) >= 11 is -0.0839. The average molecular weight is 618 g/mol. The second-order valence-electron chi connectivity index (χ2n) is 11.5. The SMILES string of the molecule is CCCCCCCCCCC(C)c1ccc([I+]c2ccc(C(C)CCCCCCCCCC)cc2)cc1. The summed E-state index contributed by atoms with van der Waals surface area (Å²) in [6.45, 7) is 9.43. The van der Waals surface area contributed by atoms with Gasteiger partial charge in [0.1, 0.15) is 0 Å². The Balaban J connectivity index is 1.64. The molecule has 37 heavy (non-hydrogen) atoms. The van der Waals surface area contributed by atoms with Crippen LogP contribution in [0.5, 0.6) is 0 Å². The van der Waals surface area contributed by atoms with E-state index in [1.54, 1.807) is 7.14 Å². The zero-order valence-electron chi connectivity index (χ0n) is 24.9. The van der Waals surface area contributed by atoms with Gasteiger partial charge in [-0.1, -0.05) is 155 Å². The standard InChI is InChI=1S/C36H58I/c1-5-7-9-11-13-15-17-19-21-31(3)33-23-27-35(28-24-33)37-36-29-25-34(26-30-36)32(4)22-20-18-16-14-12-10-8-6-2/h23-32H,5-22H2,1-4H3/q+1. The Kier molecular flexibility index (Phi) is 18.4. The molecule has 0 amide bonds. The molecule has 0 heterocycles. The maximum absolute atomic E-state index is 2.42. The number of rotatable bonds is 22. The van der Waals surface area contributed by atoms with E-state index in [0.29, 0.717) is 11.8 Å². The largest absolute Gasteiger partial charge is 0.357 e. The minimum absolute atomic E-state index is 0.0839. The molecule has 208 valence electrons. The quantitative estimate of drug-likeness (QED) is 0.0914. The Hall–Kier alpha value is -0.830. The minimum Gasteiger partial charge on any atom is -0.0654 e. The van der Waals surface area contributed by atoms with Gasteiger partial charge in [-0.15, -0.1) is 0 Å². The van der Waals surface area contributed by atoms with Crippen LogP contribution in [0.1, 0.15) is 166 Å². The Morgan fingerprint density at radius 3 is 1.05 bits per heavy atom. The molecule has 2 aromatic rings. The second-order valence-corrected chi connectivity index (χ2v) is 14.6. The van der Waals surface area contributed by atoms with Crippen molar-refractivity contribution < 1.29 is 21.2 Å². The molecular weight excluding hydrogens is 559 g/mol. The van der Waals surface area contributed by atoms with E-state index in [0.717, 1.165) is 0 Å². The van der Waals surface area contributed by atoms with Gasteiger partial charge in [0.05, 0.1) is 0 Å². The molecular formula is C36H58I+. The van der Waals surface area contributed by atoms with Gasteiger partial charge >= 0.3 is 21.2 Å². The lowest BCUT2D eigenvalue weighted by molar-refractivity contribution is -0.597. The fourth-order valence-electron chi connectivity index (χ4n) is 5.34. The van der Waals surface area contributed by atoms with Crippen molar-refractivity contribution in [2.75, 3.05) is 0 Å². The van der Waals surface area contributed by atoms with E-state index in [4.69, 9.17) is 0 Å². The summed E-state index contributed by atoms with van der Waals surface area (Å²) in [7, 11) is 0. The third kappa shape index (κ3) is 14.8. The molecule has 0 aliphatic carbocycles. The fourth-order valence-corrected chi connectivity index (χ4v) is 7.49. The number of unbranched alkanes of at least 4 members (excludes halogenated alkanes) is 14. The Morgan fingerprint density at radius 1 is 0.432 bits per heavy atom. The van der Waals surface area contributed by atoms with Crippen molar-refractivity contribution in [1.82, 2.24) is 0 Å². The van der Waals surface area contributed by atoms with Crippen LogP contribution in [-0.4, -0.2) is 0 Å². The van der Waals surface area contributed by atoms with Gasteiger partial charge in [-0.3, -0.25) is 0 Å². The highest BCUT2D eigenvalue weighted by Gasteiger charge is 2.17. The third-order valence-electron chi connectivity index (χ3n) is 8.08. The molecule has 0 radical (unpaired) electrons. The van der Waals surface area contributed by atoms with E-state index in [2.05, 4.69) is 76.2 Å². The van der Waals surface area contributed by atoms with Gasteiger partial charge in [0, 0.05) is 0 Å². The van der Waals surface area contributed by atoms with E-state index < -0.39 is 0 Å². The van der Waals surface area contributed by atoms with Crippen molar-refractivity contribution in [1.29, 1.82) is 0 Å². The van der Waals surface area contributed by atoms with Crippen LogP contribution in [-0.2, 0) is 0 Å². The molecule has 0 aliphatic heterocycles. The highest BCUT2D eigenvalue weighted by atomic mass is 127. The number of hydrogen-bond donors (Lipinski definition) is 0. The van der Waals surface area contributed by atoms with E-state index in [1.165, 1.54) is 127 Å². The molecule has 0 aliphatic rings. The predicted molar refractivity (Wildman–Crippen MR) is 162 cm³/mol. The van der Waals surface area contributed by atoms with Gasteiger partial charge in [0.15, 0.2) is 7.14 Å². The average Bonchev–Trinajstić information content (AvgIpc) is 2.92. The Morgan fingerprint density at radius 2 is 0.730 bits per heavy atom. The van der Waals surface area contributed by atoms with Crippen molar-refractivity contribution in [3.05, 3.63) is 66.8 Å². The van der Waals surface area contributed by atoms with Crippen molar-refractivity contribution >= 4 is 0 Å². The first-order valence-electron chi connectivity index (χ1n) is 16.0. The van der Waals surface area contributed by atoms with Gasteiger partial charge in [-0.05, 0) is 60.1 Å². The molecule has 0 saturated carbocycles. The van der Waals surface area contributed by atoms with Crippen molar-refractivity contribution in [3.63, 3.8) is 0 Å². The normalized spacial score (nSPS) is 13.1. The van der Waals surface area contributed by atoms with E-state index in [1.807, 2.05) is 0 Å². The third-order valence-corrected chi connectivity index (χ3v) is 10.8. The van der Waals surface area contributed by atoms with Crippen LogP contribution < -0.4 is 21.2 Å². The lowest BCUT2D eigenvalue weighted by Crippen LogP contribution is -3.61. The molecule has 1 heteroatoms. The molecule has 0 spiro atoms. The fraction of sp³-hybridized carbons (Fsp3) is 0.667. The molecule has 2 atom stereocenters. The van der Waals surface area contributed by atoms with Crippen molar-refractivity contribution in [2.45, 2.75) is 155 Å². The van der Waals surface area contributed by atoms with Gasteiger partial charge in [-0.25, -0.2) is 0 Å². The van der Waals surface area contributed by atoms with Crippen LogP contribution in [0.3, 0.4) is 0 Å². The van der Waals surface area contributed by atoms with Crippen molar-refractivity contribution in [2.24, 2.45) is 0 Å². The van der Waals surface area contributed by atoms with Crippen LogP contribution in [0.2, 0.25) is 0 Å². The second kappa shape index (κ2) is 21.0. The van der Waals surface area contributed by atoms with Crippen LogP contribution in [0.15, 0.2) is 48.5 Å². The lowest BCUT2D eigenvalue weighted by Gasteiger charge is -2.12. The maximum Gasteiger partial charge on any atom is 0.357 e. The smallest absolute Gasteiger partial charge is 0.0654 e. The molecule has 0 fully saturated rings. The molecule has 0 N–H and O–H groups in total. The molecule has 0 nitrogen and oxygen atoms in total. The summed E-state index contributed by atoms with van der Waals surface area (Å²) in [5.41, 5.74) is 3.06. The van der Waals surface area contributed by atoms with Crippen LogP contribution in [0.25, 0.3) is 0 Å². The summed E-state index contributed by atoms with van der Waals surface area (Å²) in [6.07, 6.45) is 25.3. The van der Waals surface area contributed by atoms with E-state index in [-0.39, 0.29) is 21.2 Å². The van der Waals surface area contributed by atoms with Gasteiger partial charge in [-0.2, -0.15) is 0 Å². The Bertz CT molecular complexity index is 708. The topological polar surface area (TPSA) is 0 Å². The number of halogens is 1. The molecule has 2 rings (SSSR count). The molecule has 2 aromatic carbocycles. The number of benzene rings is 2. The minimum atomic E-state index is -0.0839. The molecule has 2 unspecified atom stereocenters. The summed E-state index contributed by atoms with van der Waals surface area (Å²) in [4.78, 5) is 0. The van der Waals surface area contributed by atoms with Gasteiger partial charge in [0.2, 0.25) is 0 Å². The van der Waals surface area contributed by atoms with Crippen LogP contribution in [0, 0.1) is 7.14 Å². The van der Waals surface area contributed by atoms with Crippen molar-refractivity contribution in [3.8, 4) is 0 Å². The number of hydrogen-bond acceptors (Lipinski definition) is 0. The molecule has 0 saturated heterocycles. The molecule has 0 bridgehead atoms. The highest BCUT2D eigenvalue weighted by molar-refractivity contribution is 5.20. The summed E-state index contributed by atoms with van der Waals surface area (Å²) in [5, 5.41) is 0.